The summed E-state index contributed by atoms with van der Waals surface area (Å²) in [5.41, 5.74) is 1.91. The van der Waals surface area contributed by atoms with Crippen molar-refractivity contribution in [2.24, 2.45) is 0 Å². The van der Waals surface area contributed by atoms with Crippen molar-refractivity contribution < 1.29 is 5.11 Å². The fraction of sp³-hybridized carbons (Fsp3) is 0.455. The summed E-state index contributed by atoms with van der Waals surface area (Å²) in [5, 5.41) is 16.1. The molecule has 0 aliphatic carbocycles. The molecule has 2 rings (SSSR count). The molecule has 0 atom stereocenters. The number of anilines is 1. The van der Waals surface area contributed by atoms with E-state index in [4.69, 9.17) is 5.11 Å². The minimum atomic E-state index is 0.235. The highest BCUT2D eigenvalue weighted by Crippen LogP contribution is 2.07. The van der Waals surface area contributed by atoms with Crippen LogP contribution in [0.15, 0.2) is 18.2 Å². The van der Waals surface area contributed by atoms with Gasteiger partial charge in [0.25, 0.3) is 0 Å². The van der Waals surface area contributed by atoms with E-state index < -0.39 is 0 Å². The van der Waals surface area contributed by atoms with Gasteiger partial charge in [0.15, 0.2) is 5.65 Å². The summed E-state index contributed by atoms with van der Waals surface area (Å²) in [6.45, 7) is 3.02. The van der Waals surface area contributed by atoms with E-state index in [1.807, 2.05) is 29.6 Å². The monoisotopic (exact) mass is 220 g/mol. The van der Waals surface area contributed by atoms with Crippen LogP contribution >= 0.6 is 0 Å². The van der Waals surface area contributed by atoms with Gasteiger partial charge in [-0.05, 0) is 31.9 Å². The normalized spacial score (nSPS) is 10.9. The Kier molecular flexibility index (Phi) is 3.36. The number of aryl methyl sites for hydroxylation is 1. The fourth-order valence-electron chi connectivity index (χ4n) is 1.55. The first-order valence-corrected chi connectivity index (χ1v) is 5.48. The van der Waals surface area contributed by atoms with Crippen molar-refractivity contribution in [1.29, 1.82) is 0 Å². The third-order valence-electron chi connectivity index (χ3n) is 2.42. The first-order chi connectivity index (χ1) is 7.81. The number of aromatic nitrogens is 3. The predicted octanol–water partition coefficient (Wildman–Crippen LogP) is 1.22. The van der Waals surface area contributed by atoms with Gasteiger partial charge in [-0.15, -0.1) is 5.10 Å². The zero-order valence-electron chi connectivity index (χ0n) is 9.35. The lowest BCUT2D eigenvalue weighted by atomic mass is 10.3. The summed E-state index contributed by atoms with van der Waals surface area (Å²) in [4.78, 5) is 4.35. The van der Waals surface area contributed by atoms with E-state index in [9.17, 15) is 0 Å². The number of aliphatic hydroxyl groups excluding tert-OH is 1. The van der Waals surface area contributed by atoms with Gasteiger partial charge in [0.1, 0.15) is 0 Å². The smallest absolute Gasteiger partial charge is 0.243 e. The van der Waals surface area contributed by atoms with Gasteiger partial charge < -0.3 is 10.4 Å². The van der Waals surface area contributed by atoms with E-state index in [2.05, 4.69) is 15.4 Å². The molecule has 0 aliphatic heterocycles. The summed E-state index contributed by atoms with van der Waals surface area (Å²) in [5.74, 6) is 0.646. The van der Waals surface area contributed by atoms with Gasteiger partial charge in [0.2, 0.25) is 5.95 Å². The molecule has 2 aromatic rings. The van der Waals surface area contributed by atoms with E-state index in [1.165, 1.54) is 0 Å². The van der Waals surface area contributed by atoms with Crippen LogP contribution in [0.5, 0.6) is 0 Å². The molecule has 0 aliphatic rings. The Labute approximate surface area is 94.1 Å². The van der Waals surface area contributed by atoms with Gasteiger partial charge >= 0.3 is 0 Å². The van der Waals surface area contributed by atoms with Crippen LogP contribution in [0, 0.1) is 6.92 Å². The molecule has 0 radical (unpaired) electrons. The molecule has 0 unspecified atom stereocenters. The van der Waals surface area contributed by atoms with Gasteiger partial charge in [-0.1, -0.05) is 6.07 Å². The Morgan fingerprint density at radius 3 is 3.00 bits per heavy atom. The number of rotatable bonds is 5. The van der Waals surface area contributed by atoms with Crippen molar-refractivity contribution in [3.05, 3.63) is 23.9 Å². The molecule has 5 heteroatoms. The van der Waals surface area contributed by atoms with Crippen LogP contribution in [0.3, 0.4) is 0 Å². The summed E-state index contributed by atoms with van der Waals surface area (Å²) >= 11 is 0. The lowest BCUT2D eigenvalue weighted by molar-refractivity contribution is 0.286. The van der Waals surface area contributed by atoms with Crippen molar-refractivity contribution in [1.82, 2.24) is 14.6 Å². The largest absolute Gasteiger partial charge is 0.396 e. The molecule has 16 heavy (non-hydrogen) atoms. The summed E-state index contributed by atoms with van der Waals surface area (Å²) in [7, 11) is 0. The molecule has 2 N–H and O–H groups in total. The molecule has 5 nitrogen and oxygen atoms in total. The van der Waals surface area contributed by atoms with Gasteiger partial charge in [-0.2, -0.15) is 4.98 Å². The molecule has 2 heterocycles. The van der Waals surface area contributed by atoms with E-state index >= 15 is 0 Å². The van der Waals surface area contributed by atoms with Crippen molar-refractivity contribution in [2.45, 2.75) is 19.8 Å². The van der Waals surface area contributed by atoms with Crippen LogP contribution in [-0.2, 0) is 0 Å². The molecule has 0 bridgehead atoms. The van der Waals surface area contributed by atoms with Crippen LogP contribution in [0.1, 0.15) is 18.5 Å². The minimum Gasteiger partial charge on any atom is -0.396 e. The highest BCUT2D eigenvalue weighted by atomic mass is 16.2. The molecular formula is C11H16N4O. The summed E-state index contributed by atoms with van der Waals surface area (Å²) < 4.78 is 1.81. The van der Waals surface area contributed by atoms with Crippen LogP contribution < -0.4 is 5.32 Å². The van der Waals surface area contributed by atoms with E-state index in [-0.39, 0.29) is 6.61 Å². The van der Waals surface area contributed by atoms with Crippen LogP contribution in [0.4, 0.5) is 5.95 Å². The molecular weight excluding hydrogens is 204 g/mol. The predicted molar refractivity (Wildman–Crippen MR) is 62.5 cm³/mol. The third kappa shape index (κ3) is 2.30. The van der Waals surface area contributed by atoms with Crippen LogP contribution in [0.25, 0.3) is 5.65 Å². The van der Waals surface area contributed by atoms with Crippen molar-refractivity contribution in [2.75, 3.05) is 18.5 Å². The standard InChI is InChI=1S/C11H16N4O/c1-9-5-4-6-10-13-11(14-15(9)10)12-7-2-3-8-16/h4-6,16H,2-3,7-8H2,1H3,(H,12,14). The van der Waals surface area contributed by atoms with E-state index in [1.54, 1.807) is 0 Å². The lowest BCUT2D eigenvalue weighted by Crippen LogP contribution is -2.04. The van der Waals surface area contributed by atoms with Crippen molar-refractivity contribution in [3.8, 4) is 0 Å². The Balaban J connectivity index is 2.05. The Hall–Kier alpha value is -1.62. The number of unbranched alkanes of at least 4 members (excludes halogenated alkanes) is 1. The number of hydrogen-bond acceptors (Lipinski definition) is 4. The van der Waals surface area contributed by atoms with Crippen molar-refractivity contribution in [3.63, 3.8) is 0 Å². The highest BCUT2D eigenvalue weighted by Gasteiger charge is 2.03. The molecule has 2 aromatic heterocycles. The quantitative estimate of drug-likeness (QED) is 0.744. The van der Waals surface area contributed by atoms with Crippen molar-refractivity contribution >= 4 is 11.6 Å². The average Bonchev–Trinajstić information content (AvgIpc) is 2.69. The molecule has 0 saturated heterocycles. The molecule has 86 valence electrons. The maximum atomic E-state index is 8.65. The Morgan fingerprint density at radius 1 is 1.38 bits per heavy atom. The maximum absolute atomic E-state index is 8.65. The fourth-order valence-corrected chi connectivity index (χ4v) is 1.55. The first-order valence-electron chi connectivity index (χ1n) is 5.48. The molecule has 0 spiro atoms. The number of pyridine rings is 1. The summed E-state index contributed by atoms with van der Waals surface area (Å²) in [6.07, 6.45) is 1.73. The molecule has 0 fully saturated rings. The maximum Gasteiger partial charge on any atom is 0.243 e. The Bertz CT molecular complexity index is 466. The second kappa shape index (κ2) is 4.94. The van der Waals surface area contributed by atoms with Gasteiger partial charge in [0.05, 0.1) is 0 Å². The highest BCUT2D eigenvalue weighted by molar-refractivity contribution is 5.44. The number of hydrogen-bond donors (Lipinski definition) is 2. The summed E-state index contributed by atoms with van der Waals surface area (Å²) in [6, 6.07) is 5.89. The van der Waals surface area contributed by atoms with Gasteiger partial charge in [0, 0.05) is 18.8 Å². The number of nitrogens with zero attached hydrogens (tertiary/aromatic N) is 3. The SMILES string of the molecule is Cc1cccc2nc(NCCCCO)nn12. The third-order valence-corrected chi connectivity index (χ3v) is 2.42. The van der Waals surface area contributed by atoms with Crippen LogP contribution in [-0.4, -0.2) is 32.9 Å². The van der Waals surface area contributed by atoms with E-state index in [0.29, 0.717) is 5.95 Å². The lowest BCUT2D eigenvalue weighted by Gasteiger charge is -1.98. The second-order valence-electron chi connectivity index (χ2n) is 3.73. The Morgan fingerprint density at radius 2 is 2.25 bits per heavy atom. The topological polar surface area (TPSA) is 62.5 Å². The molecule has 0 aromatic carbocycles. The molecule has 0 amide bonds. The van der Waals surface area contributed by atoms with Gasteiger partial charge in [-0.3, -0.25) is 0 Å². The van der Waals surface area contributed by atoms with E-state index in [0.717, 1.165) is 30.7 Å². The number of fused-ring (bicyclic) bond motifs is 1. The van der Waals surface area contributed by atoms with Crippen LogP contribution in [0.2, 0.25) is 0 Å². The number of aliphatic hydroxyl groups is 1. The minimum absolute atomic E-state index is 0.235. The zero-order valence-corrected chi connectivity index (χ0v) is 9.35. The second-order valence-corrected chi connectivity index (χ2v) is 3.73. The molecule has 0 saturated carbocycles. The zero-order chi connectivity index (χ0) is 11.4. The number of nitrogens with one attached hydrogen (secondary N) is 1. The van der Waals surface area contributed by atoms with Gasteiger partial charge in [-0.25, -0.2) is 4.52 Å². The average molecular weight is 220 g/mol. The first kappa shape index (κ1) is 10.9.